The minimum absolute atomic E-state index is 0.0603. The molecule has 4 heteroatoms. The maximum absolute atomic E-state index is 12.5. The van der Waals surface area contributed by atoms with E-state index in [9.17, 15) is 4.79 Å². The summed E-state index contributed by atoms with van der Waals surface area (Å²) in [6, 6.07) is 2.47. The van der Waals surface area contributed by atoms with Crippen molar-refractivity contribution in [2.45, 2.75) is 64.7 Å². The first kappa shape index (κ1) is 14.1. The van der Waals surface area contributed by atoms with Crippen molar-refractivity contribution in [2.75, 3.05) is 0 Å². The summed E-state index contributed by atoms with van der Waals surface area (Å²) < 4.78 is 0. The molecule has 1 aliphatic heterocycles. The van der Waals surface area contributed by atoms with Gasteiger partial charge in [-0.05, 0) is 60.4 Å². The number of hydrogen-bond acceptors (Lipinski definition) is 3. The summed E-state index contributed by atoms with van der Waals surface area (Å²) in [6.07, 6.45) is 4.77. The van der Waals surface area contributed by atoms with E-state index in [4.69, 9.17) is 0 Å². The van der Waals surface area contributed by atoms with Gasteiger partial charge in [0.1, 0.15) is 6.17 Å². The van der Waals surface area contributed by atoms with Crippen molar-refractivity contribution in [2.24, 2.45) is 5.41 Å². The van der Waals surface area contributed by atoms with E-state index in [0.29, 0.717) is 11.5 Å². The third-order valence-corrected chi connectivity index (χ3v) is 5.57. The van der Waals surface area contributed by atoms with Gasteiger partial charge in [0, 0.05) is 6.04 Å². The zero-order valence-electron chi connectivity index (χ0n) is 12.6. The summed E-state index contributed by atoms with van der Waals surface area (Å²) >= 11 is 1.70. The van der Waals surface area contributed by atoms with Crippen LogP contribution in [-0.2, 0) is 4.79 Å². The maximum atomic E-state index is 12.5. The normalized spacial score (nSPS) is 30.9. The average Bonchev–Trinajstić information content (AvgIpc) is 3.00. The van der Waals surface area contributed by atoms with E-state index in [1.165, 1.54) is 18.4 Å². The Kier molecular flexibility index (Phi) is 3.63. The quantitative estimate of drug-likeness (QED) is 0.904. The van der Waals surface area contributed by atoms with Crippen LogP contribution in [0.5, 0.6) is 0 Å². The molecule has 20 heavy (non-hydrogen) atoms. The van der Waals surface area contributed by atoms with E-state index in [0.717, 1.165) is 12.8 Å². The molecule has 2 atom stereocenters. The largest absolute Gasteiger partial charge is 0.319 e. The van der Waals surface area contributed by atoms with Gasteiger partial charge in [0.25, 0.3) is 0 Å². The Morgan fingerprint density at radius 2 is 2.05 bits per heavy atom. The molecule has 3 rings (SSSR count). The van der Waals surface area contributed by atoms with Crippen molar-refractivity contribution in [1.29, 1.82) is 0 Å². The Bertz CT molecular complexity index is 473. The lowest BCUT2D eigenvalue weighted by Gasteiger charge is -2.40. The Morgan fingerprint density at radius 3 is 2.65 bits per heavy atom. The van der Waals surface area contributed by atoms with Crippen molar-refractivity contribution in [3.05, 3.63) is 22.4 Å². The van der Waals surface area contributed by atoms with E-state index >= 15 is 0 Å². The minimum Gasteiger partial charge on any atom is -0.319 e. The van der Waals surface area contributed by atoms with E-state index in [1.807, 2.05) is 6.92 Å². The van der Waals surface area contributed by atoms with Gasteiger partial charge in [-0.1, -0.05) is 13.8 Å². The maximum Gasteiger partial charge on any atom is 0.241 e. The van der Waals surface area contributed by atoms with Crippen LogP contribution in [0.1, 0.15) is 58.2 Å². The van der Waals surface area contributed by atoms with Crippen LogP contribution < -0.4 is 5.32 Å². The molecular formula is C16H24N2OS. The average molecular weight is 292 g/mol. The fourth-order valence-electron chi connectivity index (χ4n) is 3.48. The number of hydrogen-bond donors (Lipinski definition) is 1. The molecule has 2 unspecified atom stereocenters. The van der Waals surface area contributed by atoms with E-state index in [2.05, 4.69) is 40.9 Å². The van der Waals surface area contributed by atoms with Gasteiger partial charge in [0.05, 0.1) is 6.04 Å². The molecule has 2 aliphatic rings. The van der Waals surface area contributed by atoms with Gasteiger partial charge < -0.3 is 4.90 Å². The van der Waals surface area contributed by atoms with Gasteiger partial charge in [-0.3, -0.25) is 10.1 Å². The minimum atomic E-state index is -0.0603. The number of rotatable bonds is 2. The smallest absolute Gasteiger partial charge is 0.241 e. The third-order valence-electron chi connectivity index (χ3n) is 4.87. The molecule has 0 bridgehead atoms. The molecule has 0 aromatic carbocycles. The van der Waals surface area contributed by atoms with Crippen LogP contribution in [0.2, 0.25) is 0 Å². The SMILES string of the molecule is CC1NC(c2ccsc2)N(C2CCC(C)(C)CC2)C1=O. The van der Waals surface area contributed by atoms with Crippen molar-refractivity contribution in [3.8, 4) is 0 Å². The van der Waals surface area contributed by atoms with Gasteiger partial charge in [-0.15, -0.1) is 0 Å². The summed E-state index contributed by atoms with van der Waals surface area (Å²) in [5.74, 6) is 0.269. The van der Waals surface area contributed by atoms with Gasteiger partial charge in [0.2, 0.25) is 5.91 Å². The van der Waals surface area contributed by atoms with Crippen LogP contribution >= 0.6 is 11.3 Å². The Balaban J connectivity index is 1.80. The van der Waals surface area contributed by atoms with Crippen LogP contribution in [0.4, 0.5) is 0 Å². The first-order valence-corrected chi connectivity index (χ1v) is 8.52. The Labute approximate surface area is 125 Å². The first-order valence-electron chi connectivity index (χ1n) is 7.58. The highest BCUT2D eigenvalue weighted by atomic mass is 32.1. The van der Waals surface area contributed by atoms with Gasteiger partial charge in [-0.25, -0.2) is 0 Å². The van der Waals surface area contributed by atoms with Gasteiger partial charge in [0.15, 0.2) is 0 Å². The van der Waals surface area contributed by atoms with E-state index < -0.39 is 0 Å². The summed E-state index contributed by atoms with van der Waals surface area (Å²) in [6.45, 7) is 6.66. The topological polar surface area (TPSA) is 32.3 Å². The lowest BCUT2D eigenvalue weighted by atomic mass is 9.75. The van der Waals surface area contributed by atoms with Crippen LogP contribution in [0.25, 0.3) is 0 Å². The molecule has 0 spiro atoms. The second-order valence-electron chi connectivity index (χ2n) is 6.99. The number of thiophene rings is 1. The van der Waals surface area contributed by atoms with Crippen molar-refractivity contribution < 1.29 is 4.79 Å². The zero-order chi connectivity index (χ0) is 14.3. The molecule has 3 nitrogen and oxygen atoms in total. The predicted molar refractivity (Wildman–Crippen MR) is 82.5 cm³/mol. The third kappa shape index (κ3) is 2.51. The van der Waals surface area contributed by atoms with E-state index in [-0.39, 0.29) is 18.1 Å². The Hall–Kier alpha value is -0.870. The lowest BCUT2D eigenvalue weighted by Crippen LogP contribution is -2.43. The highest BCUT2D eigenvalue weighted by molar-refractivity contribution is 7.07. The number of carbonyl (C=O) groups is 1. The molecule has 2 fully saturated rings. The highest BCUT2D eigenvalue weighted by Crippen LogP contribution is 2.40. The molecule has 1 aliphatic carbocycles. The number of carbonyl (C=O) groups excluding carboxylic acids is 1. The second kappa shape index (κ2) is 5.15. The fraction of sp³-hybridized carbons (Fsp3) is 0.688. The fourth-order valence-corrected chi connectivity index (χ4v) is 4.16. The zero-order valence-corrected chi connectivity index (χ0v) is 13.4. The standard InChI is InChI=1S/C16H24N2OS/c1-11-15(19)18(13-4-7-16(2,3)8-5-13)14(17-11)12-6-9-20-10-12/h6,9-11,13-14,17H,4-5,7-8H2,1-3H3. The molecule has 1 aromatic rings. The molecule has 2 heterocycles. The molecule has 1 saturated heterocycles. The molecule has 110 valence electrons. The molecule has 0 radical (unpaired) electrons. The summed E-state index contributed by atoms with van der Waals surface area (Å²) in [5.41, 5.74) is 1.67. The number of nitrogens with one attached hydrogen (secondary N) is 1. The summed E-state index contributed by atoms with van der Waals surface area (Å²) in [7, 11) is 0. The van der Waals surface area contributed by atoms with Crippen LogP contribution in [0, 0.1) is 5.41 Å². The van der Waals surface area contributed by atoms with Crippen LogP contribution in [0.15, 0.2) is 16.8 Å². The first-order chi connectivity index (χ1) is 9.48. The molecule has 1 aromatic heterocycles. The summed E-state index contributed by atoms with van der Waals surface area (Å²) in [4.78, 5) is 14.7. The molecule has 1 saturated carbocycles. The monoisotopic (exact) mass is 292 g/mol. The second-order valence-corrected chi connectivity index (χ2v) is 7.77. The van der Waals surface area contributed by atoms with Crippen molar-refractivity contribution in [1.82, 2.24) is 10.2 Å². The molecular weight excluding hydrogens is 268 g/mol. The van der Waals surface area contributed by atoms with Crippen molar-refractivity contribution >= 4 is 17.2 Å². The number of amides is 1. The van der Waals surface area contributed by atoms with Gasteiger partial charge >= 0.3 is 0 Å². The van der Waals surface area contributed by atoms with E-state index in [1.54, 1.807) is 11.3 Å². The lowest BCUT2D eigenvalue weighted by molar-refractivity contribution is -0.133. The molecule has 1 N–H and O–H groups in total. The molecule has 1 amide bonds. The Morgan fingerprint density at radius 1 is 1.35 bits per heavy atom. The van der Waals surface area contributed by atoms with Crippen LogP contribution in [0.3, 0.4) is 0 Å². The number of nitrogens with zero attached hydrogens (tertiary/aromatic N) is 1. The van der Waals surface area contributed by atoms with Gasteiger partial charge in [-0.2, -0.15) is 11.3 Å². The van der Waals surface area contributed by atoms with Crippen molar-refractivity contribution in [3.63, 3.8) is 0 Å². The highest BCUT2D eigenvalue weighted by Gasteiger charge is 2.43. The predicted octanol–water partition coefficient (Wildman–Crippen LogP) is 3.54. The van der Waals surface area contributed by atoms with Crippen LogP contribution in [-0.4, -0.2) is 22.9 Å². The summed E-state index contributed by atoms with van der Waals surface area (Å²) in [5, 5.41) is 7.70.